The number of benzene rings is 3. The van der Waals surface area contributed by atoms with Gasteiger partial charge in [0.2, 0.25) is 5.91 Å². The number of carbonyl (C=O) groups is 2. The molecular weight excluding hydrogens is 522 g/mol. The molecular formula is C32H29N3O4S. The third kappa shape index (κ3) is 5.82. The Bertz CT molecular complexity index is 1510. The second kappa shape index (κ2) is 11.4. The van der Waals surface area contributed by atoms with Crippen LogP contribution in [0.5, 0.6) is 11.5 Å². The Morgan fingerprint density at radius 3 is 2.45 bits per heavy atom. The maximum absolute atomic E-state index is 13.7. The smallest absolute Gasteiger partial charge is 0.338 e. The lowest BCUT2D eigenvalue weighted by Crippen LogP contribution is -2.38. The average Bonchev–Trinajstić information content (AvgIpc) is 3.70. The highest BCUT2D eigenvalue weighted by molar-refractivity contribution is 8.16. The topological polar surface area (TPSA) is 80.2 Å². The fraction of sp³-hybridized carbons (Fsp3) is 0.219. The van der Waals surface area contributed by atoms with E-state index in [0.29, 0.717) is 22.8 Å². The minimum Gasteiger partial charge on any atom is -0.457 e. The van der Waals surface area contributed by atoms with Gasteiger partial charge in [-0.2, -0.15) is 0 Å². The molecule has 1 saturated carbocycles. The number of aliphatic imine (C=N–C) groups is 1. The summed E-state index contributed by atoms with van der Waals surface area (Å²) in [5.74, 6) is 0.886. The van der Waals surface area contributed by atoms with Gasteiger partial charge in [-0.15, -0.1) is 0 Å². The van der Waals surface area contributed by atoms with Gasteiger partial charge >= 0.3 is 5.97 Å². The van der Waals surface area contributed by atoms with Gasteiger partial charge in [0, 0.05) is 11.7 Å². The largest absolute Gasteiger partial charge is 0.457 e. The van der Waals surface area contributed by atoms with E-state index < -0.39 is 12.0 Å². The van der Waals surface area contributed by atoms with Crippen LogP contribution in [0.2, 0.25) is 0 Å². The van der Waals surface area contributed by atoms with Crippen LogP contribution in [-0.4, -0.2) is 28.0 Å². The molecule has 0 spiro atoms. The first-order valence-corrected chi connectivity index (χ1v) is 14.2. The van der Waals surface area contributed by atoms with Crippen molar-refractivity contribution in [3.63, 3.8) is 0 Å². The Balaban J connectivity index is 1.33. The molecule has 1 aliphatic carbocycles. The molecule has 6 rings (SSSR count). The van der Waals surface area contributed by atoms with E-state index in [-0.39, 0.29) is 25.0 Å². The molecule has 1 amide bonds. The third-order valence-electron chi connectivity index (χ3n) is 6.87. The molecule has 40 heavy (non-hydrogen) atoms. The summed E-state index contributed by atoms with van der Waals surface area (Å²) in [5, 5.41) is 5.75. The number of amidine groups is 1. The van der Waals surface area contributed by atoms with Crippen LogP contribution in [0.1, 0.15) is 43.4 Å². The summed E-state index contributed by atoms with van der Waals surface area (Å²) in [6.45, 7) is 1.98. The second-order valence-electron chi connectivity index (χ2n) is 9.96. The minimum absolute atomic E-state index is 0.0324. The first-order chi connectivity index (χ1) is 19.5. The number of carbonyl (C=O) groups excluding carboxylic acids is 2. The van der Waals surface area contributed by atoms with Crippen LogP contribution < -0.4 is 10.1 Å². The average molecular weight is 552 g/mol. The highest BCUT2D eigenvalue weighted by Crippen LogP contribution is 2.45. The molecule has 3 aliphatic rings. The van der Waals surface area contributed by atoms with E-state index >= 15 is 0 Å². The summed E-state index contributed by atoms with van der Waals surface area (Å²) in [6.07, 6.45) is 2.24. The molecule has 3 aromatic carbocycles. The first-order valence-electron chi connectivity index (χ1n) is 13.3. The lowest BCUT2D eigenvalue weighted by atomic mass is 9.93. The lowest BCUT2D eigenvalue weighted by Gasteiger charge is -2.36. The summed E-state index contributed by atoms with van der Waals surface area (Å²) in [5.41, 5.74) is 3.56. The second-order valence-corrected chi connectivity index (χ2v) is 10.8. The number of ether oxygens (including phenoxy) is 2. The number of amides is 1. The molecule has 1 unspecified atom stereocenters. The minimum atomic E-state index is -0.537. The van der Waals surface area contributed by atoms with Crippen LogP contribution in [0.4, 0.5) is 0 Å². The molecule has 8 heteroatoms. The van der Waals surface area contributed by atoms with Gasteiger partial charge in [-0.25, -0.2) is 9.79 Å². The lowest BCUT2D eigenvalue weighted by molar-refractivity contribution is -0.141. The molecule has 2 aliphatic heterocycles. The predicted molar refractivity (Wildman–Crippen MR) is 155 cm³/mol. The molecule has 0 radical (unpaired) electrons. The number of fused-ring (bicyclic) bond motifs is 1. The van der Waals surface area contributed by atoms with E-state index in [1.54, 1.807) is 0 Å². The highest BCUT2D eigenvalue weighted by atomic mass is 32.2. The van der Waals surface area contributed by atoms with Crippen molar-refractivity contribution in [1.82, 2.24) is 10.2 Å². The maximum Gasteiger partial charge on any atom is 0.338 e. The van der Waals surface area contributed by atoms with Crippen molar-refractivity contribution in [3.05, 3.63) is 118 Å². The number of allylic oxidation sites excluding steroid dienone is 1. The SMILES string of the molecule is CC1=C(C(=O)OCc2ccccc2)C(c2cccc(Oc3ccccc3)c2)N2C(CC(=O)NC3CC3)=CSC2=N1. The zero-order valence-electron chi connectivity index (χ0n) is 22.1. The van der Waals surface area contributed by atoms with Crippen molar-refractivity contribution >= 4 is 28.8 Å². The fourth-order valence-corrected chi connectivity index (χ4v) is 5.75. The van der Waals surface area contributed by atoms with Crippen LogP contribution in [0.3, 0.4) is 0 Å². The van der Waals surface area contributed by atoms with Gasteiger partial charge in [0.15, 0.2) is 5.17 Å². The van der Waals surface area contributed by atoms with Crippen molar-refractivity contribution in [2.45, 2.75) is 44.9 Å². The molecule has 0 aromatic heterocycles. The molecule has 2 heterocycles. The van der Waals surface area contributed by atoms with E-state index in [0.717, 1.165) is 34.8 Å². The number of para-hydroxylation sites is 1. The van der Waals surface area contributed by atoms with Crippen molar-refractivity contribution < 1.29 is 19.1 Å². The first kappa shape index (κ1) is 26.0. The molecule has 1 atom stereocenters. The summed E-state index contributed by atoms with van der Waals surface area (Å²) in [7, 11) is 0. The van der Waals surface area contributed by atoms with Gasteiger partial charge < -0.3 is 19.7 Å². The van der Waals surface area contributed by atoms with Crippen LogP contribution >= 0.6 is 11.8 Å². The van der Waals surface area contributed by atoms with Gasteiger partial charge in [0.25, 0.3) is 0 Å². The number of nitrogens with zero attached hydrogens (tertiary/aromatic N) is 2. The molecule has 0 bridgehead atoms. The van der Waals surface area contributed by atoms with Crippen LogP contribution in [0.15, 0.2) is 112 Å². The van der Waals surface area contributed by atoms with E-state index in [4.69, 9.17) is 14.5 Å². The summed E-state index contributed by atoms with van der Waals surface area (Å²) < 4.78 is 11.9. The summed E-state index contributed by atoms with van der Waals surface area (Å²) >= 11 is 1.46. The van der Waals surface area contributed by atoms with E-state index in [9.17, 15) is 9.59 Å². The number of nitrogens with one attached hydrogen (secondary N) is 1. The summed E-state index contributed by atoms with van der Waals surface area (Å²) in [4.78, 5) is 33.3. The van der Waals surface area contributed by atoms with E-state index in [1.165, 1.54) is 11.8 Å². The zero-order chi connectivity index (χ0) is 27.5. The van der Waals surface area contributed by atoms with Crippen molar-refractivity contribution in [2.24, 2.45) is 4.99 Å². The number of hydrogen-bond donors (Lipinski definition) is 1. The highest BCUT2D eigenvalue weighted by Gasteiger charge is 2.41. The number of thioether (sulfide) groups is 1. The third-order valence-corrected chi connectivity index (χ3v) is 7.76. The number of rotatable bonds is 9. The van der Waals surface area contributed by atoms with Gasteiger partial charge in [-0.05, 0) is 60.6 Å². The maximum atomic E-state index is 13.7. The normalized spacial score (nSPS) is 18.0. The monoisotopic (exact) mass is 551 g/mol. The van der Waals surface area contributed by atoms with Crippen molar-refractivity contribution in [2.75, 3.05) is 0 Å². The van der Waals surface area contributed by atoms with Gasteiger partial charge in [-0.3, -0.25) is 4.79 Å². The Hall–Kier alpha value is -4.30. The molecule has 1 fully saturated rings. The molecule has 0 saturated heterocycles. The Kier molecular flexibility index (Phi) is 7.42. The quantitative estimate of drug-likeness (QED) is 0.307. The zero-order valence-corrected chi connectivity index (χ0v) is 22.9. The van der Waals surface area contributed by atoms with Crippen molar-refractivity contribution in [3.8, 4) is 11.5 Å². The van der Waals surface area contributed by atoms with E-state index in [2.05, 4.69) is 5.32 Å². The van der Waals surface area contributed by atoms with Crippen LogP contribution in [0.25, 0.3) is 0 Å². The molecule has 202 valence electrons. The van der Waals surface area contributed by atoms with Crippen LogP contribution in [0, 0.1) is 0 Å². The standard InChI is InChI=1S/C32H29N3O4S/c1-21-29(31(37)38-19-22-9-4-2-5-10-22)30(23-11-8-14-27(17-23)39-26-12-6-3-7-13-26)35-25(20-40-32(35)33-21)18-28(36)34-24-15-16-24/h2-14,17,20,24,30H,15-16,18-19H2,1H3,(H,34,36). The Labute approximate surface area is 237 Å². The Morgan fingerprint density at radius 2 is 1.70 bits per heavy atom. The Morgan fingerprint density at radius 1 is 0.975 bits per heavy atom. The fourth-order valence-electron chi connectivity index (χ4n) is 4.79. The van der Waals surface area contributed by atoms with E-state index in [1.807, 2.05) is 102 Å². The van der Waals surface area contributed by atoms with Crippen LogP contribution in [-0.2, 0) is 20.9 Å². The number of hydrogen-bond acceptors (Lipinski definition) is 7. The van der Waals surface area contributed by atoms with Gasteiger partial charge in [0.1, 0.15) is 18.1 Å². The van der Waals surface area contributed by atoms with Crippen molar-refractivity contribution in [1.29, 1.82) is 0 Å². The number of esters is 1. The molecule has 3 aromatic rings. The summed E-state index contributed by atoms with van der Waals surface area (Å²) in [6, 6.07) is 26.6. The molecule has 1 N–H and O–H groups in total. The molecule has 7 nitrogen and oxygen atoms in total. The van der Waals surface area contributed by atoms with Gasteiger partial charge in [0.05, 0.1) is 23.7 Å². The predicted octanol–water partition coefficient (Wildman–Crippen LogP) is 6.47. The van der Waals surface area contributed by atoms with Gasteiger partial charge in [-0.1, -0.05) is 72.4 Å².